The third-order valence-corrected chi connectivity index (χ3v) is 12.7. The van der Waals surface area contributed by atoms with Crippen LogP contribution in [-0.2, 0) is 6.42 Å². The lowest BCUT2D eigenvalue weighted by Gasteiger charge is -2.47. The Kier molecular flexibility index (Phi) is 6.97. The van der Waals surface area contributed by atoms with Gasteiger partial charge < -0.3 is 4.90 Å². The van der Waals surface area contributed by atoms with Crippen LogP contribution in [0.5, 0.6) is 0 Å². The SMILES string of the molecule is C1=CC2(C3=Cc4ccccc4C3=C1)C1=Cc3ccccc3C1=CC=C2N(c1ccccc1)c1c2c(cc(-c3ccccc3)c1-c1ccccc1)-c1ccccc1C2. The molecule has 0 saturated heterocycles. The highest BCUT2D eigenvalue weighted by Crippen LogP contribution is 2.64. The molecule has 0 saturated carbocycles. The normalized spacial score (nSPS) is 17.6. The van der Waals surface area contributed by atoms with Gasteiger partial charge in [0.15, 0.2) is 0 Å². The van der Waals surface area contributed by atoms with Crippen LogP contribution in [-0.4, -0.2) is 0 Å². The molecule has 5 aliphatic carbocycles. The van der Waals surface area contributed by atoms with Crippen LogP contribution >= 0.6 is 0 Å². The Morgan fingerprint density at radius 1 is 0.456 bits per heavy atom. The second-order valence-corrected chi connectivity index (χ2v) is 15.6. The van der Waals surface area contributed by atoms with E-state index in [1.807, 2.05) is 0 Å². The van der Waals surface area contributed by atoms with Gasteiger partial charge in [-0.15, -0.1) is 0 Å². The molecule has 1 heteroatoms. The summed E-state index contributed by atoms with van der Waals surface area (Å²) >= 11 is 0. The van der Waals surface area contributed by atoms with Crippen molar-refractivity contribution in [3.8, 4) is 33.4 Å². The van der Waals surface area contributed by atoms with E-state index in [4.69, 9.17) is 0 Å². The summed E-state index contributed by atoms with van der Waals surface area (Å²) in [5.74, 6) is 0. The first-order valence-electron chi connectivity index (χ1n) is 20.0. The van der Waals surface area contributed by atoms with E-state index in [0.29, 0.717) is 0 Å². The molecule has 0 radical (unpaired) electrons. The van der Waals surface area contributed by atoms with Gasteiger partial charge in [0.25, 0.3) is 0 Å². The van der Waals surface area contributed by atoms with E-state index in [1.54, 1.807) is 0 Å². The molecular formula is C56H37N. The van der Waals surface area contributed by atoms with Crippen LogP contribution in [0.25, 0.3) is 56.7 Å². The van der Waals surface area contributed by atoms with Crippen LogP contribution in [0.3, 0.4) is 0 Å². The second kappa shape index (κ2) is 12.4. The molecule has 266 valence electrons. The highest BCUT2D eigenvalue weighted by molar-refractivity contribution is 6.08. The number of hydrogen-bond donors (Lipinski definition) is 0. The van der Waals surface area contributed by atoms with Gasteiger partial charge in [-0.05, 0) is 120 Å². The van der Waals surface area contributed by atoms with E-state index < -0.39 is 5.41 Å². The maximum Gasteiger partial charge on any atom is 0.0803 e. The summed E-state index contributed by atoms with van der Waals surface area (Å²) < 4.78 is 0. The van der Waals surface area contributed by atoms with E-state index in [0.717, 1.165) is 12.1 Å². The van der Waals surface area contributed by atoms with Crippen LogP contribution in [0.4, 0.5) is 11.4 Å². The summed E-state index contributed by atoms with van der Waals surface area (Å²) in [6.07, 6.45) is 17.7. The van der Waals surface area contributed by atoms with Crippen molar-refractivity contribution in [2.45, 2.75) is 6.42 Å². The molecule has 0 fully saturated rings. The average Bonchev–Trinajstić information content (AvgIpc) is 3.98. The molecule has 0 heterocycles. The smallest absolute Gasteiger partial charge is 0.0803 e. The van der Waals surface area contributed by atoms with Crippen molar-refractivity contribution in [2.75, 3.05) is 4.90 Å². The number of fused-ring (bicyclic) bond motifs is 11. The monoisotopic (exact) mass is 723 g/mol. The summed E-state index contributed by atoms with van der Waals surface area (Å²) in [6, 6.07) is 62.4. The van der Waals surface area contributed by atoms with Crippen molar-refractivity contribution in [2.24, 2.45) is 5.41 Å². The first-order valence-corrected chi connectivity index (χ1v) is 20.0. The lowest BCUT2D eigenvalue weighted by Crippen LogP contribution is -2.37. The molecule has 0 aliphatic heterocycles. The van der Waals surface area contributed by atoms with Crippen molar-refractivity contribution < 1.29 is 0 Å². The van der Waals surface area contributed by atoms with Gasteiger partial charge in [-0.2, -0.15) is 0 Å². The van der Waals surface area contributed by atoms with Crippen molar-refractivity contribution in [1.82, 2.24) is 0 Å². The summed E-state index contributed by atoms with van der Waals surface area (Å²) in [4.78, 5) is 2.65. The highest BCUT2D eigenvalue weighted by Gasteiger charge is 2.51. The Bertz CT molecular complexity index is 2980. The first kappa shape index (κ1) is 32.1. The lowest BCUT2D eigenvalue weighted by atomic mass is 9.63. The van der Waals surface area contributed by atoms with Crippen LogP contribution in [0, 0.1) is 5.41 Å². The van der Waals surface area contributed by atoms with Crippen LogP contribution in [0.1, 0.15) is 33.4 Å². The van der Waals surface area contributed by atoms with Crippen LogP contribution < -0.4 is 4.90 Å². The first-order chi connectivity index (χ1) is 28.3. The molecule has 7 aromatic carbocycles. The summed E-state index contributed by atoms with van der Waals surface area (Å²) in [5.41, 5.74) is 23.6. The van der Waals surface area contributed by atoms with E-state index in [-0.39, 0.29) is 0 Å². The largest absolute Gasteiger partial charge is 0.312 e. The van der Waals surface area contributed by atoms with E-state index in [1.165, 1.54) is 100 Å². The highest BCUT2D eigenvalue weighted by atomic mass is 15.2. The summed E-state index contributed by atoms with van der Waals surface area (Å²) in [5, 5.41) is 0. The molecule has 12 rings (SSSR count). The van der Waals surface area contributed by atoms with E-state index in [9.17, 15) is 0 Å². The number of para-hydroxylation sites is 1. The van der Waals surface area contributed by atoms with Gasteiger partial charge >= 0.3 is 0 Å². The predicted octanol–water partition coefficient (Wildman–Crippen LogP) is 14.1. The fourth-order valence-electron chi connectivity index (χ4n) is 10.2. The zero-order valence-corrected chi connectivity index (χ0v) is 31.4. The molecule has 0 aromatic heterocycles. The van der Waals surface area contributed by atoms with Gasteiger partial charge in [-0.25, -0.2) is 0 Å². The molecule has 57 heavy (non-hydrogen) atoms. The van der Waals surface area contributed by atoms with Gasteiger partial charge in [0.1, 0.15) is 0 Å². The molecular weight excluding hydrogens is 687 g/mol. The quantitative estimate of drug-likeness (QED) is 0.171. The molecule has 0 amide bonds. The third kappa shape index (κ3) is 4.63. The maximum atomic E-state index is 2.65. The number of rotatable bonds is 5. The van der Waals surface area contributed by atoms with Crippen molar-refractivity contribution in [3.63, 3.8) is 0 Å². The fraction of sp³-hybridized carbons (Fsp3) is 0.0357. The fourth-order valence-corrected chi connectivity index (χ4v) is 10.2. The van der Waals surface area contributed by atoms with Gasteiger partial charge in [0, 0.05) is 23.4 Å². The van der Waals surface area contributed by atoms with Gasteiger partial charge in [-0.3, -0.25) is 0 Å². The number of hydrogen-bond acceptors (Lipinski definition) is 1. The van der Waals surface area contributed by atoms with E-state index in [2.05, 4.69) is 217 Å². The summed E-state index contributed by atoms with van der Waals surface area (Å²) in [6.45, 7) is 0. The molecule has 0 N–H and O–H groups in total. The number of benzene rings is 7. The van der Waals surface area contributed by atoms with Gasteiger partial charge in [-0.1, -0.05) is 176 Å². The number of anilines is 2. The Morgan fingerprint density at radius 2 is 1.02 bits per heavy atom. The molecule has 7 aromatic rings. The second-order valence-electron chi connectivity index (χ2n) is 15.6. The minimum atomic E-state index is -0.600. The van der Waals surface area contributed by atoms with Crippen molar-refractivity contribution in [3.05, 3.63) is 250 Å². The van der Waals surface area contributed by atoms with Crippen molar-refractivity contribution >= 4 is 34.7 Å². The third-order valence-electron chi connectivity index (χ3n) is 12.7. The Balaban J connectivity index is 1.23. The van der Waals surface area contributed by atoms with Crippen LogP contribution in [0.2, 0.25) is 0 Å². The molecule has 1 spiro atoms. The Labute approximate surface area is 333 Å². The lowest BCUT2D eigenvalue weighted by molar-refractivity contribution is 0.676. The van der Waals surface area contributed by atoms with E-state index >= 15 is 0 Å². The zero-order valence-electron chi connectivity index (χ0n) is 31.4. The number of allylic oxidation sites excluding steroid dienone is 7. The average molecular weight is 724 g/mol. The molecule has 1 atom stereocenters. The Morgan fingerprint density at radius 3 is 1.70 bits per heavy atom. The van der Waals surface area contributed by atoms with Crippen molar-refractivity contribution in [1.29, 1.82) is 0 Å². The maximum absolute atomic E-state index is 2.65. The topological polar surface area (TPSA) is 3.24 Å². The zero-order chi connectivity index (χ0) is 37.5. The minimum Gasteiger partial charge on any atom is -0.312 e. The predicted molar refractivity (Wildman–Crippen MR) is 239 cm³/mol. The van der Waals surface area contributed by atoms with Gasteiger partial charge in [0.2, 0.25) is 0 Å². The standard InChI is InChI=1S/C56H37N/c1-4-17-37(18-5-1)48-36-49-45-28-15-10-21-39(45)33-50(49)55(54(48)38-19-6-2-7-20-38)57(42-24-8-3-9-25-42)53-31-30-47-44-27-14-12-23-41(44)35-52(47)56(53)32-16-29-46-43-26-13-11-22-40(43)34-51(46)56/h1-32,34-36H,33H2. The number of nitrogens with zero attached hydrogens (tertiary/aromatic N) is 1. The molecule has 0 bridgehead atoms. The Hall–Kier alpha value is -7.22. The molecule has 5 aliphatic rings. The summed E-state index contributed by atoms with van der Waals surface area (Å²) in [7, 11) is 0. The van der Waals surface area contributed by atoms with Crippen LogP contribution in [0.15, 0.2) is 217 Å². The molecule has 1 nitrogen and oxygen atoms in total. The minimum absolute atomic E-state index is 0.600. The van der Waals surface area contributed by atoms with Gasteiger partial charge in [0.05, 0.1) is 11.1 Å². The molecule has 1 unspecified atom stereocenters.